The maximum absolute atomic E-state index is 11.9. The fourth-order valence-corrected chi connectivity index (χ4v) is 2.52. The molecule has 2 atom stereocenters. The van der Waals surface area contributed by atoms with Crippen LogP contribution in [-0.4, -0.2) is 22.8 Å². The minimum Gasteiger partial charge on any atom is -0.279 e. The summed E-state index contributed by atoms with van der Waals surface area (Å²) in [5, 5.41) is 0. The molecule has 0 aromatic heterocycles. The number of likely N-dealkylation sites (tertiary alicyclic amines) is 1. The lowest BCUT2D eigenvalue weighted by atomic mass is 9.85. The molecule has 1 saturated heterocycles. The Morgan fingerprint density at radius 3 is 1.93 bits per heavy atom. The SMILES string of the molecule is O=C1[C@H]2CC=CC[C@H]2C(=O)N1C1CC1. The van der Waals surface area contributed by atoms with Gasteiger partial charge in [0, 0.05) is 6.04 Å². The molecule has 2 fully saturated rings. The van der Waals surface area contributed by atoms with E-state index in [2.05, 4.69) is 0 Å². The van der Waals surface area contributed by atoms with Crippen molar-refractivity contribution in [1.82, 2.24) is 4.90 Å². The lowest BCUT2D eigenvalue weighted by Gasteiger charge is -2.14. The van der Waals surface area contributed by atoms with Gasteiger partial charge < -0.3 is 0 Å². The van der Waals surface area contributed by atoms with Crippen LogP contribution in [0.3, 0.4) is 0 Å². The van der Waals surface area contributed by atoms with Crippen LogP contribution in [0.1, 0.15) is 25.7 Å². The fourth-order valence-electron chi connectivity index (χ4n) is 2.52. The van der Waals surface area contributed by atoms with Gasteiger partial charge in [0.15, 0.2) is 0 Å². The summed E-state index contributed by atoms with van der Waals surface area (Å²) in [6.07, 6.45) is 7.62. The van der Waals surface area contributed by atoms with Gasteiger partial charge in [0.1, 0.15) is 0 Å². The van der Waals surface area contributed by atoms with E-state index in [0.29, 0.717) is 0 Å². The number of nitrogens with zero attached hydrogens (tertiary/aromatic N) is 1. The summed E-state index contributed by atoms with van der Waals surface area (Å²) < 4.78 is 0. The van der Waals surface area contributed by atoms with Crippen molar-refractivity contribution in [3.8, 4) is 0 Å². The smallest absolute Gasteiger partial charge is 0.233 e. The average Bonchev–Trinajstić information content (AvgIpc) is 2.99. The quantitative estimate of drug-likeness (QED) is 0.459. The van der Waals surface area contributed by atoms with Crippen molar-refractivity contribution in [2.24, 2.45) is 11.8 Å². The van der Waals surface area contributed by atoms with E-state index < -0.39 is 0 Å². The van der Waals surface area contributed by atoms with Crippen molar-refractivity contribution in [2.45, 2.75) is 31.7 Å². The van der Waals surface area contributed by atoms with Gasteiger partial charge >= 0.3 is 0 Å². The van der Waals surface area contributed by atoms with Crippen LogP contribution < -0.4 is 0 Å². The average molecular weight is 191 g/mol. The van der Waals surface area contributed by atoms with Crippen molar-refractivity contribution >= 4 is 11.8 Å². The number of carbonyl (C=O) groups is 2. The molecular weight excluding hydrogens is 178 g/mol. The number of allylic oxidation sites excluding steroid dienone is 2. The summed E-state index contributed by atoms with van der Waals surface area (Å²) in [5.41, 5.74) is 0. The molecule has 0 aromatic rings. The zero-order valence-corrected chi connectivity index (χ0v) is 7.98. The Morgan fingerprint density at radius 1 is 1.00 bits per heavy atom. The third-order valence-electron chi connectivity index (χ3n) is 3.45. The molecule has 3 nitrogen and oxygen atoms in total. The molecule has 0 unspecified atom stereocenters. The minimum atomic E-state index is -0.0342. The van der Waals surface area contributed by atoms with Crippen molar-refractivity contribution in [3.05, 3.63) is 12.2 Å². The molecule has 1 aliphatic heterocycles. The summed E-state index contributed by atoms with van der Waals surface area (Å²) in [6.45, 7) is 0. The molecule has 2 aliphatic carbocycles. The summed E-state index contributed by atoms with van der Waals surface area (Å²) in [7, 11) is 0. The molecule has 1 heterocycles. The molecule has 2 amide bonds. The van der Waals surface area contributed by atoms with E-state index in [1.807, 2.05) is 12.2 Å². The van der Waals surface area contributed by atoms with E-state index in [1.165, 1.54) is 0 Å². The fraction of sp³-hybridized carbons (Fsp3) is 0.636. The Balaban J connectivity index is 1.91. The first kappa shape index (κ1) is 8.21. The zero-order valence-electron chi connectivity index (χ0n) is 7.98. The molecule has 0 spiro atoms. The lowest BCUT2D eigenvalue weighted by molar-refractivity contribution is -0.140. The second-order valence-corrected chi connectivity index (χ2v) is 4.43. The van der Waals surface area contributed by atoms with Crippen LogP contribution in [0.2, 0.25) is 0 Å². The van der Waals surface area contributed by atoms with E-state index in [9.17, 15) is 9.59 Å². The van der Waals surface area contributed by atoms with Gasteiger partial charge in [-0.2, -0.15) is 0 Å². The van der Waals surface area contributed by atoms with Gasteiger partial charge in [-0.15, -0.1) is 0 Å². The van der Waals surface area contributed by atoms with Crippen molar-refractivity contribution in [2.75, 3.05) is 0 Å². The largest absolute Gasteiger partial charge is 0.279 e. The maximum atomic E-state index is 11.9. The topological polar surface area (TPSA) is 37.4 Å². The summed E-state index contributed by atoms with van der Waals surface area (Å²) in [6, 6.07) is 0.251. The number of carbonyl (C=O) groups excluding carboxylic acids is 2. The monoisotopic (exact) mass is 191 g/mol. The Kier molecular flexibility index (Phi) is 1.58. The van der Waals surface area contributed by atoms with Gasteiger partial charge in [0.05, 0.1) is 11.8 Å². The molecular formula is C11H13NO2. The van der Waals surface area contributed by atoms with Gasteiger partial charge in [-0.3, -0.25) is 14.5 Å². The van der Waals surface area contributed by atoms with Gasteiger partial charge in [-0.1, -0.05) is 12.2 Å². The first-order chi connectivity index (χ1) is 6.79. The van der Waals surface area contributed by atoms with Crippen molar-refractivity contribution < 1.29 is 9.59 Å². The lowest BCUT2D eigenvalue weighted by Crippen LogP contribution is -2.33. The predicted octanol–water partition coefficient (Wildman–Crippen LogP) is 1.10. The van der Waals surface area contributed by atoms with E-state index in [1.54, 1.807) is 4.90 Å². The third kappa shape index (κ3) is 0.982. The number of rotatable bonds is 1. The highest BCUT2D eigenvalue weighted by atomic mass is 16.2. The van der Waals surface area contributed by atoms with Crippen LogP contribution >= 0.6 is 0 Å². The molecule has 14 heavy (non-hydrogen) atoms. The number of hydrogen-bond acceptors (Lipinski definition) is 2. The maximum Gasteiger partial charge on any atom is 0.233 e. The number of amides is 2. The highest BCUT2D eigenvalue weighted by molar-refractivity contribution is 6.06. The second kappa shape index (κ2) is 2.69. The Bertz CT molecular complexity index is 304. The summed E-state index contributed by atoms with van der Waals surface area (Å²) >= 11 is 0. The molecule has 74 valence electrons. The first-order valence-electron chi connectivity index (χ1n) is 5.31. The van der Waals surface area contributed by atoms with Gasteiger partial charge in [-0.05, 0) is 25.7 Å². The van der Waals surface area contributed by atoms with Crippen molar-refractivity contribution in [1.29, 1.82) is 0 Å². The molecule has 0 radical (unpaired) electrons. The summed E-state index contributed by atoms with van der Waals surface area (Å²) in [5.74, 6) is 0.111. The molecule has 0 aromatic carbocycles. The highest BCUT2D eigenvalue weighted by Crippen LogP contribution is 2.40. The molecule has 3 heteroatoms. The van der Waals surface area contributed by atoms with Crippen LogP contribution in [0.15, 0.2) is 12.2 Å². The predicted molar refractivity (Wildman–Crippen MR) is 50.2 cm³/mol. The van der Waals surface area contributed by atoms with Crippen LogP contribution in [-0.2, 0) is 9.59 Å². The Hall–Kier alpha value is -1.12. The standard InChI is InChI=1S/C11H13NO2/c13-10-8-3-1-2-4-9(8)11(14)12(10)7-5-6-7/h1-2,7-9H,3-6H2/t8-,9+. The Labute approximate surface area is 82.8 Å². The molecule has 0 N–H and O–H groups in total. The normalized spacial score (nSPS) is 36.4. The van der Waals surface area contributed by atoms with Gasteiger partial charge in [0.25, 0.3) is 0 Å². The number of fused-ring (bicyclic) bond motifs is 1. The van der Waals surface area contributed by atoms with Crippen LogP contribution in [0.4, 0.5) is 0 Å². The minimum absolute atomic E-state index is 0.0342. The van der Waals surface area contributed by atoms with E-state index in [0.717, 1.165) is 25.7 Å². The van der Waals surface area contributed by atoms with E-state index >= 15 is 0 Å². The first-order valence-corrected chi connectivity index (χ1v) is 5.31. The Morgan fingerprint density at radius 2 is 1.50 bits per heavy atom. The molecule has 1 saturated carbocycles. The molecule has 3 aliphatic rings. The van der Waals surface area contributed by atoms with Crippen LogP contribution in [0.5, 0.6) is 0 Å². The van der Waals surface area contributed by atoms with E-state index in [4.69, 9.17) is 0 Å². The zero-order chi connectivity index (χ0) is 9.71. The third-order valence-corrected chi connectivity index (χ3v) is 3.45. The molecule has 3 rings (SSSR count). The summed E-state index contributed by atoms with van der Waals surface area (Å²) in [4.78, 5) is 25.3. The number of hydrogen-bond donors (Lipinski definition) is 0. The van der Waals surface area contributed by atoms with Gasteiger partial charge in [0.2, 0.25) is 11.8 Å². The van der Waals surface area contributed by atoms with Crippen LogP contribution in [0.25, 0.3) is 0 Å². The van der Waals surface area contributed by atoms with Gasteiger partial charge in [-0.25, -0.2) is 0 Å². The number of imide groups is 1. The van der Waals surface area contributed by atoms with E-state index in [-0.39, 0.29) is 29.7 Å². The highest BCUT2D eigenvalue weighted by Gasteiger charge is 2.51. The van der Waals surface area contributed by atoms with Crippen LogP contribution in [0, 0.1) is 11.8 Å². The molecule has 0 bridgehead atoms. The van der Waals surface area contributed by atoms with Crippen molar-refractivity contribution in [3.63, 3.8) is 0 Å². The second-order valence-electron chi connectivity index (χ2n) is 4.43.